The number of H-pyrrole nitrogens is 2. The van der Waals surface area contributed by atoms with Crippen molar-refractivity contribution in [2.24, 2.45) is 7.05 Å². The molecule has 1 aromatic carbocycles. The smallest absolute Gasteiger partial charge is 0.350 e. The van der Waals surface area contributed by atoms with E-state index in [-0.39, 0.29) is 5.69 Å². The summed E-state index contributed by atoms with van der Waals surface area (Å²) in [6, 6.07) is 7.67. The van der Waals surface area contributed by atoms with Crippen LogP contribution < -0.4 is 11.2 Å². The Hall–Kier alpha value is -3.42. The van der Waals surface area contributed by atoms with Gasteiger partial charge in [-0.3, -0.25) is 19.9 Å². The van der Waals surface area contributed by atoms with E-state index in [1.165, 1.54) is 6.08 Å². The summed E-state index contributed by atoms with van der Waals surface area (Å²) in [5, 5.41) is 12.0. The topological polar surface area (TPSA) is 114 Å². The number of para-hydroxylation sites is 1. The highest BCUT2D eigenvalue weighted by Crippen LogP contribution is 2.22. The van der Waals surface area contributed by atoms with Gasteiger partial charge in [0.05, 0.1) is 4.92 Å². The Bertz CT molecular complexity index is 1060. The summed E-state index contributed by atoms with van der Waals surface area (Å²) in [5.41, 5.74) is -0.841. The molecule has 0 atom stereocenters. The Kier molecular flexibility index (Phi) is 3.41. The van der Waals surface area contributed by atoms with Gasteiger partial charge in [-0.2, -0.15) is 0 Å². The third kappa shape index (κ3) is 2.57. The van der Waals surface area contributed by atoms with Crippen LogP contribution in [0.1, 0.15) is 11.3 Å². The first kappa shape index (κ1) is 14.5. The Labute approximate surface area is 128 Å². The lowest BCUT2D eigenvalue weighted by molar-refractivity contribution is -0.386. The summed E-state index contributed by atoms with van der Waals surface area (Å²) >= 11 is 0. The van der Waals surface area contributed by atoms with Gasteiger partial charge in [0.2, 0.25) is 0 Å². The largest absolute Gasteiger partial charge is 0.357 e. The van der Waals surface area contributed by atoms with Crippen molar-refractivity contribution in [1.82, 2.24) is 14.5 Å². The summed E-state index contributed by atoms with van der Waals surface area (Å²) in [7, 11) is 1.89. The molecule has 2 heterocycles. The average molecular weight is 312 g/mol. The molecule has 116 valence electrons. The minimum absolute atomic E-state index is 0.142. The van der Waals surface area contributed by atoms with E-state index in [1.54, 1.807) is 6.08 Å². The molecular formula is C15H12N4O4. The van der Waals surface area contributed by atoms with Gasteiger partial charge in [0.25, 0.3) is 0 Å². The van der Waals surface area contributed by atoms with Crippen molar-refractivity contribution in [2.75, 3.05) is 0 Å². The lowest BCUT2D eigenvalue weighted by atomic mass is 10.1. The summed E-state index contributed by atoms with van der Waals surface area (Å²) in [4.78, 5) is 37.2. The fourth-order valence-corrected chi connectivity index (χ4v) is 2.48. The molecule has 0 radical (unpaired) electrons. The second kappa shape index (κ2) is 5.41. The van der Waals surface area contributed by atoms with Crippen LogP contribution in [0.3, 0.4) is 0 Å². The van der Waals surface area contributed by atoms with Crippen molar-refractivity contribution in [1.29, 1.82) is 0 Å². The van der Waals surface area contributed by atoms with Gasteiger partial charge in [-0.25, -0.2) is 4.79 Å². The molecule has 23 heavy (non-hydrogen) atoms. The lowest BCUT2D eigenvalue weighted by Crippen LogP contribution is -2.25. The first-order valence-electron chi connectivity index (χ1n) is 6.70. The van der Waals surface area contributed by atoms with Crippen LogP contribution in [0.2, 0.25) is 0 Å². The normalized spacial score (nSPS) is 11.3. The predicted molar refractivity (Wildman–Crippen MR) is 86.2 cm³/mol. The highest BCUT2D eigenvalue weighted by molar-refractivity contribution is 5.92. The number of rotatable bonds is 3. The van der Waals surface area contributed by atoms with Crippen LogP contribution in [0.15, 0.2) is 40.1 Å². The van der Waals surface area contributed by atoms with Crippen molar-refractivity contribution in [3.05, 3.63) is 72.7 Å². The Morgan fingerprint density at radius 2 is 1.91 bits per heavy atom. The number of fused-ring (bicyclic) bond motifs is 1. The molecule has 2 N–H and O–H groups in total. The predicted octanol–water partition coefficient (Wildman–Crippen LogP) is 1.63. The standard InChI is InChI=1S/C15H12N4O4/c1-18-8-9(10-4-2-3-5-12(10)18)6-7-11-13(19(22)23)14(20)17-15(21)16-11/h2-8H,1H3,(H2,16,17,20,21)/b7-6+. The van der Waals surface area contributed by atoms with E-state index in [0.717, 1.165) is 16.5 Å². The first-order chi connectivity index (χ1) is 11.0. The van der Waals surface area contributed by atoms with Crippen LogP contribution in [0.4, 0.5) is 5.69 Å². The molecule has 0 spiro atoms. The van der Waals surface area contributed by atoms with Crippen LogP contribution in [0, 0.1) is 10.1 Å². The average Bonchev–Trinajstić information content (AvgIpc) is 2.81. The van der Waals surface area contributed by atoms with Gasteiger partial charge in [-0.1, -0.05) is 24.3 Å². The molecule has 0 aliphatic heterocycles. The second-order valence-electron chi connectivity index (χ2n) is 4.97. The monoisotopic (exact) mass is 312 g/mol. The van der Waals surface area contributed by atoms with E-state index in [4.69, 9.17) is 0 Å². The molecular weight excluding hydrogens is 300 g/mol. The molecule has 0 amide bonds. The number of aryl methyl sites for hydroxylation is 1. The molecule has 2 aromatic heterocycles. The molecule has 8 nitrogen and oxygen atoms in total. The van der Waals surface area contributed by atoms with Crippen LogP contribution in [-0.4, -0.2) is 19.5 Å². The molecule has 3 rings (SSSR count). The van der Waals surface area contributed by atoms with Crippen molar-refractivity contribution < 1.29 is 4.92 Å². The number of aromatic nitrogens is 3. The third-order valence-electron chi connectivity index (χ3n) is 3.49. The van der Waals surface area contributed by atoms with E-state index in [9.17, 15) is 19.7 Å². The van der Waals surface area contributed by atoms with Gasteiger partial charge in [-0.15, -0.1) is 0 Å². The van der Waals surface area contributed by atoms with Gasteiger partial charge in [0.1, 0.15) is 5.69 Å². The van der Waals surface area contributed by atoms with Crippen LogP contribution in [-0.2, 0) is 7.05 Å². The quantitative estimate of drug-likeness (QED) is 0.565. The highest BCUT2D eigenvalue weighted by Gasteiger charge is 2.18. The highest BCUT2D eigenvalue weighted by atomic mass is 16.6. The van der Waals surface area contributed by atoms with Gasteiger partial charge >= 0.3 is 16.9 Å². The van der Waals surface area contributed by atoms with Gasteiger partial charge in [0.15, 0.2) is 0 Å². The SMILES string of the molecule is Cn1cc(/C=C/c2[nH]c(=O)[nH]c(=O)c2[N+](=O)[O-])c2ccccc21. The molecule has 0 unspecified atom stereocenters. The van der Waals surface area contributed by atoms with Crippen LogP contribution >= 0.6 is 0 Å². The van der Waals surface area contributed by atoms with E-state index in [1.807, 2.05) is 47.1 Å². The van der Waals surface area contributed by atoms with E-state index in [2.05, 4.69) is 4.98 Å². The zero-order valence-corrected chi connectivity index (χ0v) is 12.1. The number of benzene rings is 1. The maximum absolute atomic E-state index is 11.6. The fourth-order valence-electron chi connectivity index (χ4n) is 2.48. The Morgan fingerprint density at radius 1 is 1.17 bits per heavy atom. The zero-order chi connectivity index (χ0) is 16.6. The molecule has 0 bridgehead atoms. The number of hydrogen-bond donors (Lipinski definition) is 2. The van der Waals surface area contributed by atoms with E-state index >= 15 is 0 Å². The summed E-state index contributed by atoms with van der Waals surface area (Å²) in [6.07, 6.45) is 4.84. The lowest BCUT2D eigenvalue weighted by Gasteiger charge is -1.96. The van der Waals surface area contributed by atoms with Crippen molar-refractivity contribution in [2.45, 2.75) is 0 Å². The minimum atomic E-state index is -1.03. The first-order valence-corrected chi connectivity index (χ1v) is 6.70. The third-order valence-corrected chi connectivity index (χ3v) is 3.49. The maximum atomic E-state index is 11.6. The molecule has 0 saturated carbocycles. The van der Waals surface area contributed by atoms with Gasteiger partial charge in [-0.05, 0) is 12.1 Å². The van der Waals surface area contributed by atoms with Crippen molar-refractivity contribution in [3.63, 3.8) is 0 Å². The molecule has 0 aliphatic carbocycles. The molecule has 0 fully saturated rings. The maximum Gasteiger partial charge on any atom is 0.357 e. The molecule has 0 saturated heterocycles. The summed E-state index contributed by atoms with van der Waals surface area (Å²) in [5.74, 6) is 0. The number of nitrogens with zero attached hydrogens (tertiary/aromatic N) is 2. The van der Waals surface area contributed by atoms with E-state index < -0.39 is 21.9 Å². The number of nitrogens with one attached hydrogen (secondary N) is 2. The Balaban J connectivity index is 2.15. The van der Waals surface area contributed by atoms with Crippen molar-refractivity contribution in [3.8, 4) is 0 Å². The summed E-state index contributed by atoms with van der Waals surface area (Å²) in [6.45, 7) is 0. The fraction of sp³-hybridized carbons (Fsp3) is 0.0667. The Morgan fingerprint density at radius 3 is 2.65 bits per heavy atom. The number of hydrogen-bond acceptors (Lipinski definition) is 4. The molecule has 8 heteroatoms. The second-order valence-corrected chi connectivity index (χ2v) is 4.97. The number of aromatic amines is 2. The molecule has 3 aromatic rings. The van der Waals surface area contributed by atoms with E-state index in [0.29, 0.717) is 0 Å². The van der Waals surface area contributed by atoms with Gasteiger partial charge in [0, 0.05) is 29.7 Å². The van der Waals surface area contributed by atoms with Crippen molar-refractivity contribution >= 4 is 28.7 Å². The number of nitro groups is 1. The zero-order valence-electron chi connectivity index (χ0n) is 12.1. The van der Waals surface area contributed by atoms with Crippen LogP contribution in [0.5, 0.6) is 0 Å². The van der Waals surface area contributed by atoms with Gasteiger partial charge < -0.3 is 9.55 Å². The van der Waals surface area contributed by atoms with Crippen LogP contribution in [0.25, 0.3) is 23.1 Å². The molecule has 0 aliphatic rings. The minimum Gasteiger partial charge on any atom is -0.350 e. The summed E-state index contributed by atoms with van der Waals surface area (Å²) < 4.78 is 1.92.